The van der Waals surface area contributed by atoms with Crippen molar-refractivity contribution in [1.82, 2.24) is 0 Å². The molecule has 0 saturated carbocycles. The molecule has 0 aromatic heterocycles. The van der Waals surface area contributed by atoms with Crippen LogP contribution in [-0.2, 0) is 9.53 Å². The standard InChI is InChI=1S/C6H8O2.Pb.2H/c1-3-5-8-6(7)4-2;;;/h3-4H,1-2,5H2;;;. The topological polar surface area (TPSA) is 26.3 Å². The zero-order chi connectivity index (χ0) is 6.41. The molecule has 0 spiro atoms. The molecule has 2 nitrogen and oxygen atoms in total. The van der Waals surface area contributed by atoms with E-state index in [2.05, 4.69) is 17.9 Å². The second kappa shape index (κ2) is 7.87. The fourth-order valence-electron chi connectivity index (χ4n) is 0.200. The first-order valence-corrected chi connectivity index (χ1v) is 2.21. The van der Waals surface area contributed by atoms with Crippen molar-refractivity contribution < 1.29 is 9.53 Å². The average molecular weight is 321 g/mol. The Bertz CT molecular complexity index is 110. The van der Waals surface area contributed by atoms with Gasteiger partial charge in [-0.3, -0.25) is 0 Å². The van der Waals surface area contributed by atoms with Crippen molar-refractivity contribution in [2.24, 2.45) is 0 Å². The molecule has 0 bridgehead atoms. The van der Waals surface area contributed by atoms with Gasteiger partial charge >= 0.3 is 33.3 Å². The summed E-state index contributed by atoms with van der Waals surface area (Å²) in [5.74, 6) is -0.412. The van der Waals surface area contributed by atoms with Crippen molar-refractivity contribution in [2.75, 3.05) is 6.61 Å². The number of carbonyl (C=O) groups is 1. The van der Waals surface area contributed by atoms with E-state index in [1.165, 1.54) is 6.08 Å². The molecular weight excluding hydrogens is 311 g/mol. The van der Waals surface area contributed by atoms with Gasteiger partial charge in [-0.1, -0.05) is 19.2 Å². The van der Waals surface area contributed by atoms with E-state index in [0.29, 0.717) is 0 Å². The van der Waals surface area contributed by atoms with Gasteiger partial charge in [-0.15, -0.1) is 0 Å². The van der Waals surface area contributed by atoms with Crippen molar-refractivity contribution in [2.45, 2.75) is 0 Å². The predicted molar refractivity (Wildman–Crippen MR) is 39.9 cm³/mol. The fourth-order valence-corrected chi connectivity index (χ4v) is 0.200. The van der Waals surface area contributed by atoms with E-state index in [0.717, 1.165) is 6.08 Å². The summed E-state index contributed by atoms with van der Waals surface area (Å²) in [6.07, 6.45) is 2.62. The first-order valence-electron chi connectivity index (χ1n) is 2.21. The summed E-state index contributed by atoms with van der Waals surface area (Å²) in [7, 11) is 0. The van der Waals surface area contributed by atoms with Gasteiger partial charge < -0.3 is 4.74 Å². The van der Waals surface area contributed by atoms with E-state index in [1.54, 1.807) is 0 Å². The molecule has 0 fully saturated rings. The Kier molecular flexibility index (Phi) is 10.2. The van der Waals surface area contributed by atoms with Crippen LogP contribution in [0, 0.1) is 0 Å². The number of hydrogen-bond donors (Lipinski definition) is 0. The molecule has 0 heterocycles. The molecule has 0 unspecified atom stereocenters. The summed E-state index contributed by atoms with van der Waals surface area (Å²) >= 11 is 0. The van der Waals surface area contributed by atoms with E-state index in [-0.39, 0.29) is 33.9 Å². The zero-order valence-corrected chi connectivity index (χ0v) is 10.8. The zero-order valence-electron chi connectivity index (χ0n) is 5.30. The molecule has 0 aliphatic heterocycles. The van der Waals surface area contributed by atoms with Crippen LogP contribution in [0.3, 0.4) is 0 Å². The van der Waals surface area contributed by atoms with Gasteiger partial charge in [0.15, 0.2) is 0 Å². The summed E-state index contributed by atoms with van der Waals surface area (Å²) in [5.41, 5.74) is 0. The Morgan fingerprint density at radius 2 is 2.11 bits per heavy atom. The summed E-state index contributed by atoms with van der Waals surface area (Å²) in [6, 6.07) is 0. The Labute approximate surface area is 74.7 Å². The molecule has 0 saturated heterocycles. The van der Waals surface area contributed by atoms with Crippen LogP contribution >= 0.6 is 0 Å². The molecule has 2 radical (unpaired) electrons. The molecule has 50 valence electrons. The number of ether oxygens (including phenoxy) is 1. The van der Waals surface area contributed by atoms with Crippen molar-refractivity contribution in [3.8, 4) is 0 Å². The first-order chi connectivity index (χ1) is 3.81. The van der Waals surface area contributed by atoms with E-state index < -0.39 is 5.97 Å². The molecule has 0 amide bonds. The van der Waals surface area contributed by atoms with Crippen LogP contribution in [0.25, 0.3) is 0 Å². The van der Waals surface area contributed by atoms with E-state index in [9.17, 15) is 4.79 Å². The van der Waals surface area contributed by atoms with Crippen molar-refractivity contribution in [1.29, 1.82) is 0 Å². The number of rotatable bonds is 3. The third-order valence-corrected chi connectivity index (χ3v) is 0.510. The van der Waals surface area contributed by atoms with E-state index in [4.69, 9.17) is 0 Å². The van der Waals surface area contributed by atoms with Crippen LogP contribution in [0.2, 0.25) is 0 Å². The molecule has 0 aliphatic carbocycles. The van der Waals surface area contributed by atoms with Gasteiger partial charge in [-0.2, -0.15) is 0 Å². The fraction of sp³-hybridized carbons (Fsp3) is 0.167. The predicted octanol–water partition coefficient (Wildman–Crippen LogP) is -0.0146. The molecule has 0 N–H and O–H groups in total. The Hall–Kier alpha value is -0.128. The second-order valence-electron chi connectivity index (χ2n) is 1.12. The average Bonchev–Trinajstić information content (AvgIpc) is 1.83. The Morgan fingerprint density at radius 3 is 2.44 bits per heavy atom. The maximum absolute atomic E-state index is 10.2. The van der Waals surface area contributed by atoms with Crippen LogP contribution in [0.15, 0.2) is 25.3 Å². The van der Waals surface area contributed by atoms with Crippen LogP contribution in [0.5, 0.6) is 0 Å². The number of hydrogen-bond acceptors (Lipinski definition) is 2. The van der Waals surface area contributed by atoms with Crippen molar-refractivity contribution in [3.63, 3.8) is 0 Å². The van der Waals surface area contributed by atoms with Gasteiger partial charge in [0.1, 0.15) is 6.61 Å². The number of carbonyl (C=O) groups excluding carboxylic acids is 1. The molecule has 0 aromatic rings. The molecule has 9 heavy (non-hydrogen) atoms. The van der Waals surface area contributed by atoms with Gasteiger partial charge in [0.2, 0.25) is 0 Å². The monoisotopic (exact) mass is 322 g/mol. The maximum atomic E-state index is 10.2. The first kappa shape index (κ1) is 11.6. The van der Waals surface area contributed by atoms with Gasteiger partial charge in [0.05, 0.1) is 0 Å². The van der Waals surface area contributed by atoms with Gasteiger partial charge in [-0.05, 0) is 0 Å². The summed E-state index contributed by atoms with van der Waals surface area (Å²) in [6.45, 7) is 6.81. The Morgan fingerprint density at radius 1 is 1.56 bits per heavy atom. The molecule has 0 rings (SSSR count). The Balaban J connectivity index is 0. The summed E-state index contributed by atoms with van der Waals surface area (Å²) < 4.78 is 4.47. The van der Waals surface area contributed by atoms with Gasteiger partial charge in [0, 0.05) is 6.08 Å². The van der Waals surface area contributed by atoms with Crippen molar-refractivity contribution >= 4 is 33.3 Å². The van der Waals surface area contributed by atoms with Gasteiger partial charge in [-0.25, -0.2) is 4.79 Å². The summed E-state index contributed by atoms with van der Waals surface area (Å²) in [4.78, 5) is 10.2. The second-order valence-corrected chi connectivity index (χ2v) is 1.12. The molecule has 0 aromatic carbocycles. The molecule has 0 aliphatic rings. The normalized spacial score (nSPS) is 6.67. The van der Waals surface area contributed by atoms with Crippen molar-refractivity contribution in [3.05, 3.63) is 25.3 Å². The third kappa shape index (κ3) is 7.87. The van der Waals surface area contributed by atoms with Crippen LogP contribution in [0.1, 0.15) is 0 Å². The summed E-state index contributed by atoms with van der Waals surface area (Å²) in [5, 5.41) is 0. The van der Waals surface area contributed by atoms with E-state index >= 15 is 0 Å². The van der Waals surface area contributed by atoms with E-state index in [1.807, 2.05) is 0 Å². The third-order valence-electron chi connectivity index (χ3n) is 0.510. The minimum absolute atomic E-state index is 0. The van der Waals surface area contributed by atoms with Crippen LogP contribution in [0.4, 0.5) is 0 Å². The SMILES string of the molecule is C=CCOC(=O)C=C.[PbH2]. The van der Waals surface area contributed by atoms with Crippen LogP contribution in [-0.4, -0.2) is 39.9 Å². The minimum atomic E-state index is -0.412. The number of esters is 1. The molecule has 0 atom stereocenters. The molecular formula is C6H10O2Pb. The quantitative estimate of drug-likeness (QED) is 0.316. The van der Waals surface area contributed by atoms with Crippen LogP contribution < -0.4 is 0 Å². The molecule has 3 heteroatoms. The van der Waals surface area contributed by atoms with Gasteiger partial charge in [0.25, 0.3) is 0 Å².